The molecule has 0 heterocycles. The van der Waals surface area contributed by atoms with Gasteiger partial charge in [-0.2, -0.15) is 23.5 Å². The Morgan fingerprint density at radius 1 is 0.370 bits per heavy atom. The maximum absolute atomic E-state index is 3.47. The van der Waals surface area contributed by atoms with Crippen molar-refractivity contribution in [3.8, 4) is 0 Å². The molecule has 312 valence electrons. The van der Waals surface area contributed by atoms with Crippen molar-refractivity contribution >= 4 is 23.5 Å². The topological polar surface area (TPSA) is 6.48 Å². The Kier molecular flexibility index (Phi) is 14.3. The summed E-state index contributed by atoms with van der Waals surface area (Å²) in [7, 11) is 0. The molecule has 8 atom stereocenters. The monoisotopic (exact) mass is 783 g/mol. The highest BCUT2D eigenvalue weighted by atomic mass is 32.2. The summed E-state index contributed by atoms with van der Waals surface area (Å²) in [5.74, 6) is 7.32. The summed E-state index contributed by atoms with van der Waals surface area (Å²) in [5.41, 5.74) is 0.920. The Labute approximate surface area is 345 Å². The van der Waals surface area contributed by atoms with Crippen LogP contribution in [0.4, 0.5) is 0 Å². The van der Waals surface area contributed by atoms with Crippen molar-refractivity contribution in [3.63, 3.8) is 0 Å². The van der Waals surface area contributed by atoms with E-state index in [-0.39, 0.29) is 0 Å². The van der Waals surface area contributed by atoms with Crippen molar-refractivity contribution in [2.45, 2.75) is 243 Å². The molecule has 7 saturated carbocycles. The van der Waals surface area contributed by atoms with Crippen LogP contribution in [0.5, 0.6) is 0 Å². The molecule has 0 aromatic carbocycles. The summed E-state index contributed by atoms with van der Waals surface area (Å²) >= 11 is 4.51. The van der Waals surface area contributed by atoms with Crippen molar-refractivity contribution < 1.29 is 0 Å². The Morgan fingerprint density at radius 3 is 0.944 bits per heavy atom. The molecule has 4 heteroatoms. The lowest BCUT2D eigenvalue weighted by atomic mass is 9.53. The van der Waals surface area contributed by atoms with Crippen LogP contribution in [0.25, 0.3) is 0 Å². The van der Waals surface area contributed by atoms with Crippen LogP contribution in [0.2, 0.25) is 0 Å². The van der Waals surface area contributed by atoms with E-state index in [1.165, 1.54) is 141 Å². The Morgan fingerprint density at radius 2 is 0.667 bits per heavy atom. The van der Waals surface area contributed by atoms with E-state index in [4.69, 9.17) is 0 Å². The number of nitrogens with zero attached hydrogens (tertiary/aromatic N) is 2. The van der Waals surface area contributed by atoms with Crippen LogP contribution in [-0.2, 0) is 0 Å². The van der Waals surface area contributed by atoms with Crippen molar-refractivity contribution in [2.24, 2.45) is 58.2 Å². The Hall–Kier alpha value is 0.620. The second kappa shape index (κ2) is 18.1. The number of hydrogen-bond donors (Lipinski definition) is 0. The zero-order chi connectivity index (χ0) is 38.4. The molecule has 54 heavy (non-hydrogen) atoms. The molecular weight excluding hydrogens is 693 g/mol. The van der Waals surface area contributed by atoms with Crippen LogP contribution in [0.15, 0.2) is 0 Å². The fraction of sp³-hybridized carbons (Fsp3) is 1.00. The normalized spacial score (nSPS) is 45.6. The summed E-state index contributed by atoms with van der Waals surface area (Å²) < 4.78 is 0. The lowest BCUT2D eigenvalue weighted by Gasteiger charge is -2.65. The van der Waals surface area contributed by atoms with E-state index >= 15 is 0 Å². The van der Waals surface area contributed by atoms with Crippen LogP contribution < -0.4 is 0 Å². The minimum atomic E-state index is 0.460. The molecule has 0 spiro atoms. The zero-order valence-electron chi connectivity index (χ0n) is 37.5. The van der Waals surface area contributed by atoms with Crippen LogP contribution >= 0.6 is 23.5 Å². The largest absolute Gasteiger partial charge is 0.294 e. The lowest BCUT2D eigenvalue weighted by Crippen LogP contribution is -2.69. The minimum absolute atomic E-state index is 0.460. The molecule has 7 fully saturated rings. The smallest absolute Gasteiger partial charge is 0.0164 e. The summed E-state index contributed by atoms with van der Waals surface area (Å²) in [6, 6.07) is 5.04. The second-order valence-electron chi connectivity index (χ2n) is 23.4. The van der Waals surface area contributed by atoms with Gasteiger partial charge >= 0.3 is 0 Å². The molecule has 7 aliphatic rings. The molecule has 0 radical (unpaired) electrons. The minimum Gasteiger partial charge on any atom is -0.294 e. The fourth-order valence-electron chi connectivity index (χ4n) is 15.1. The highest BCUT2D eigenvalue weighted by Crippen LogP contribution is 2.59. The average Bonchev–Trinajstić information content (AvgIpc) is 3.16. The highest BCUT2D eigenvalue weighted by molar-refractivity contribution is 7.99. The van der Waals surface area contributed by atoms with Gasteiger partial charge in [0.05, 0.1) is 0 Å². The summed E-state index contributed by atoms with van der Waals surface area (Å²) in [5, 5.41) is 1.76. The van der Waals surface area contributed by atoms with Crippen molar-refractivity contribution in [1.82, 2.24) is 9.80 Å². The van der Waals surface area contributed by atoms with E-state index in [0.29, 0.717) is 10.8 Å². The van der Waals surface area contributed by atoms with Gasteiger partial charge in [-0.1, -0.05) is 55.4 Å². The van der Waals surface area contributed by atoms with Crippen molar-refractivity contribution in [2.75, 3.05) is 12.5 Å². The quantitative estimate of drug-likeness (QED) is 0.242. The molecule has 0 bridgehead atoms. The van der Waals surface area contributed by atoms with E-state index in [9.17, 15) is 0 Å². The first-order valence-electron chi connectivity index (χ1n) is 24.4. The number of rotatable bonds is 8. The maximum Gasteiger partial charge on any atom is 0.0164 e. The molecule has 7 rings (SSSR count). The molecule has 2 nitrogen and oxygen atoms in total. The van der Waals surface area contributed by atoms with Crippen LogP contribution in [0, 0.1) is 58.2 Å². The molecule has 7 aliphatic carbocycles. The number of thioether (sulfide) groups is 2. The van der Waals surface area contributed by atoms with Gasteiger partial charge in [0.15, 0.2) is 0 Å². The molecule has 0 amide bonds. The van der Waals surface area contributed by atoms with Gasteiger partial charge in [-0.15, -0.1) is 0 Å². The van der Waals surface area contributed by atoms with Gasteiger partial charge in [0, 0.05) is 46.8 Å². The Bertz CT molecular complexity index is 1050. The molecule has 0 aliphatic heterocycles. The number of hydrogen-bond acceptors (Lipinski definition) is 4. The van der Waals surface area contributed by atoms with Gasteiger partial charge in [-0.25, -0.2) is 0 Å². The van der Waals surface area contributed by atoms with Crippen molar-refractivity contribution in [1.29, 1.82) is 0 Å². The first-order chi connectivity index (χ1) is 25.8. The average molecular weight is 783 g/mol. The van der Waals surface area contributed by atoms with Gasteiger partial charge < -0.3 is 0 Å². The third-order valence-electron chi connectivity index (χ3n) is 18.4. The second-order valence-corrected chi connectivity index (χ2v) is 25.7. The van der Waals surface area contributed by atoms with Crippen LogP contribution in [-0.4, -0.2) is 69.1 Å². The molecule has 0 N–H and O–H groups in total. The van der Waals surface area contributed by atoms with Crippen molar-refractivity contribution in [3.05, 3.63) is 0 Å². The van der Waals surface area contributed by atoms with Crippen LogP contribution in [0.3, 0.4) is 0 Å². The van der Waals surface area contributed by atoms with Crippen LogP contribution in [0.1, 0.15) is 197 Å². The highest BCUT2D eigenvalue weighted by Gasteiger charge is 2.59. The SMILES string of the molecule is CSC1CCC2C(C1)C(N(C1CCC(C)CC1)C1CCC(C(C)(C)C)CC1)C1CCC(SC)CC1C2N(C1CCC(C)CC1)C1CCC(C(C)(C)C)CC1. The third-order valence-corrected chi connectivity index (χ3v) is 20.6. The van der Waals surface area contributed by atoms with Gasteiger partial charge in [0.25, 0.3) is 0 Å². The predicted octanol–water partition coefficient (Wildman–Crippen LogP) is 14.0. The molecule has 0 aromatic heterocycles. The maximum atomic E-state index is 3.47. The summed E-state index contributed by atoms with van der Waals surface area (Å²) in [6.07, 6.45) is 37.6. The first-order valence-corrected chi connectivity index (χ1v) is 26.9. The summed E-state index contributed by atoms with van der Waals surface area (Å²) in [4.78, 5) is 6.94. The fourth-order valence-corrected chi connectivity index (χ4v) is 16.7. The third kappa shape index (κ3) is 9.33. The summed E-state index contributed by atoms with van der Waals surface area (Å²) in [6.45, 7) is 20.4. The van der Waals surface area contributed by atoms with E-state index in [0.717, 1.165) is 94.1 Å². The Balaban J connectivity index is 1.28. The standard InChI is InChI=1S/C50H90N2S2/c1-33-11-19-37(20-12-33)51(39-23-15-35(16-24-39)49(3,4)5)47-43-29-27-42(54-10)32-46(43)48(44-30-28-41(53-9)31-45(44)47)52(38-21-13-34(2)14-22-38)40-25-17-36(18-26-40)50(6,7)8/h33-48H,11-32H2,1-10H3. The molecule has 0 aromatic rings. The van der Waals surface area contributed by atoms with Gasteiger partial charge in [-0.3, -0.25) is 9.80 Å². The molecule has 8 unspecified atom stereocenters. The zero-order valence-corrected chi connectivity index (χ0v) is 39.1. The lowest BCUT2D eigenvalue weighted by molar-refractivity contribution is -0.149. The molecular formula is C50H90N2S2. The van der Waals surface area contributed by atoms with Gasteiger partial charge in [-0.05, 0) is 212 Å². The van der Waals surface area contributed by atoms with E-state index in [1.807, 2.05) is 0 Å². The van der Waals surface area contributed by atoms with Gasteiger partial charge in [0.1, 0.15) is 0 Å². The molecule has 0 saturated heterocycles. The van der Waals surface area contributed by atoms with E-state index in [1.54, 1.807) is 0 Å². The predicted molar refractivity (Wildman–Crippen MR) is 241 cm³/mol. The van der Waals surface area contributed by atoms with E-state index in [2.05, 4.69) is 101 Å². The number of fused-ring (bicyclic) bond motifs is 2. The van der Waals surface area contributed by atoms with Gasteiger partial charge in [0.2, 0.25) is 0 Å². The van der Waals surface area contributed by atoms with E-state index < -0.39 is 0 Å². The first kappa shape index (κ1) is 42.7.